The lowest BCUT2D eigenvalue weighted by Gasteiger charge is -2.46. The van der Waals surface area contributed by atoms with Crippen LogP contribution in [0.5, 0.6) is 0 Å². The molecule has 2 bridgehead atoms. The van der Waals surface area contributed by atoms with Crippen molar-refractivity contribution in [2.75, 3.05) is 19.6 Å². The molecule has 1 amide bonds. The summed E-state index contributed by atoms with van der Waals surface area (Å²) in [4.78, 5) is 21.5. The maximum Gasteiger partial charge on any atom is 0.239 e. The summed E-state index contributed by atoms with van der Waals surface area (Å²) in [6.45, 7) is 3.92. The van der Waals surface area contributed by atoms with Crippen molar-refractivity contribution in [1.29, 1.82) is 0 Å². The molecule has 0 aromatic carbocycles. The second-order valence-corrected chi connectivity index (χ2v) is 6.92. The number of rotatable bonds is 4. The van der Waals surface area contributed by atoms with Gasteiger partial charge in [0.25, 0.3) is 0 Å². The minimum atomic E-state index is 0.108. The summed E-state index contributed by atoms with van der Waals surface area (Å²) in [6.07, 6.45) is 8.64. The average Bonchev–Trinajstić information content (AvgIpc) is 3.32. The molecule has 0 radical (unpaired) electrons. The van der Waals surface area contributed by atoms with Gasteiger partial charge in [0.05, 0.1) is 6.04 Å². The van der Waals surface area contributed by atoms with Gasteiger partial charge in [-0.25, -0.2) is 0 Å². The van der Waals surface area contributed by atoms with Gasteiger partial charge >= 0.3 is 0 Å². The van der Waals surface area contributed by atoms with Gasteiger partial charge in [-0.1, -0.05) is 6.07 Å². The smallest absolute Gasteiger partial charge is 0.239 e. The highest BCUT2D eigenvalue weighted by atomic mass is 16.2. The summed E-state index contributed by atoms with van der Waals surface area (Å²) < 4.78 is 0. The number of carbonyl (C=O) groups is 1. The van der Waals surface area contributed by atoms with Crippen LogP contribution in [0.3, 0.4) is 0 Å². The Hall–Kier alpha value is -1.42. The molecular weight excluding hydrogens is 262 g/mol. The van der Waals surface area contributed by atoms with Crippen molar-refractivity contribution in [2.45, 2.75) is 38.3 Å². The molecule has 3 aliphatic rings. The topological polar surface area (TPSA) is 36.4 Å². The van der Waals surface area contributed by atoms with E-state index < -0.39 is 0 Å². The van der Waals surface area contributed by atoms with E-state index in [4.69, 9.17) is 0 Å². The summed E-state index contributed by atoms with van der Waals surface area (Å²) in [5.74, 6) is 1.89. The second kappa shape index (κ2) is 5.41. The number of fused-ring (bicyclic) bond motifs is 2. The molecule has 2 saturated heterocycles. The van der Waals surface area contributed by atoms with E-state index in [-0.39, 0.29) is 6.04 Å². The van der Waals surface area contributed by atoms with Crippen molar-refractivity contribution in [3.8, 4) is 0 Å². The van der Waals surface area contributed by atoms with Gasteiger partial charge in [-0.2, -0.15) is 0 Å². The molecule has 1 aromatic heterocycles. The maximum absolute atomic E-state index is 12.8. The molecule has 0 spiro atoms. The van der Waals surface area contributed by atoms with Gasteiger partial charge in [0.1, 0.15) is 0 Å². The SMILES string of the molecule is O=C1[C@H]2C[C@H](CCN2Cc2cccnc2)CN1CC1CC1. The molecule has 4 rings (SSSR count). The Bertz CT molecular complexity index is 514. The second-order valence-electron chi connectivity index (χ2n) is 6.92. The average molecular weight is 285 g/mol. The van der Waals surface area contributed by atoms with Crippen molar-refractivity contribution in [1.82, 2.24) is 14.8 Å². The third-order valence-corrected chi connectivity index (χ3v) is 5.18. The number of hydrogen-bond donors (Lipinski definition) is 0. The number of likely N-dealkylation sites (tertiary alicyclic amines) is 2. The first-order valence-corrected chi connectivity index (χ1v) is 8.21. The Morgan fingerprint density at radius 2 is 2.19 bits per heavy atom. The lowest BCUT2D eigenvalue weighted by Crippen LogP contribution is -2.58. The third-order valence-electron chi connectivity index (χ3n) is 5.18. The zero-order valence-corrected chi connectivity index (χ0v) is 12.4. The Morgan fingerprint density at radius 3 is 2.95 bits per heavy atom. The third kappa shape index (κ3) is 2.82. The van der Waals surface area contributed by atoms with E-state index in [1.54, 1.807) is 6.20 Å². The molecule has 0 unspecified atom stereocenters. The van der Waals surface area contributed by atoms with Crippen molar-refractivity contribution in [2.24, 2.45) is 11.8 Å². The molecule has 21 heavy (non-hydrogen) atoms. The molecule has 112 valence electrons. The maximum atomic E-state index is 12.8. The van der Waals surface area contributed by atoms with E-state index in [1.807, 2.05) is 12.3 Å². The molecule has 4 heteroatoms. The summed E-state index contributed by atoms with van der Waals surface area (Å²) >= 11 is 0. The molecule has 1 saturated carbocycles. The predicted octanol–water partition coefficient (Wildman–Crippen LogP) is 1.91. The van der Waals surface area contributed by atoms with Crippen molar-refractivity contribution in [3.05, 3.63) is 30.1 Å². The van der Waals surface area contributed by atoms with Crippen LogP contribution in [-0.2, 0) is 11.3 Å². The van der Waals surface area contributed by atoms with Crippen LogP contribution < -0.4 is 0 Å². The zero-order valence-electron chi connectivity index (χ0n) is 12.4. The van der Waals surface area contributed by atoms with Gasteiger partial charge in [0, 0.05) is 32.0 Å². The lowest BCUT2D eigenvalue weighted by atomic mass is 9.85. The van der Waals surface area contributed by atoms with Crippen molar-refractivity contribution < 1.29 is 4.79 Å². The highest BCUT2D eigenvalue weighted by Crippen LogP contribution is 2.35. The van der Waals surface area contributed by atoms with E-state index in [2.05, 4.69) is 20.9 Å². The molecule has 2 atom stereocenters. The number of nitrogens with zero attached hydrogens (tertiary/aromatic N) is 3. The largest absolute Gasteiger partial charge is 0.341 e. The normalized spacial score (nSPS) is 29.7. The highest BCUT2D eigenvalue weighted by Gasteiger charge is 2.42. The zero-order chi connectivity index (χ0) is 14.2. The molecule has 4 nitrogen and oxygen atoms in total. The molecule has 2 aliphatic heterocycles. The van der Waals surface area contributed by atoms with Crippen LogP contribution in [0.25, 0.3) is 0 Å². The standard InChI is InChI=1S/C17H23N3O/c21-17-16-8-14(11-20(17)10-13-3-4-13)5-7-19(16)12-15-2-1-6-18-9-15/h1-2,6,9,13-14,16H,3-5,7-8,10-12H2/t14-,16+/m0/s1. The van der Waals surface area contributed by atoms with Crippen LogP contribution in [0.2, 0.25) is 0 Å². The van der Waals surface area contributed by atoms with Crippen molar-refractivity contribution in [3.63, 3.8) is 0 Å². The van der Waals surface area contributed by atoms with Crippen LogP contribution in [-0.4, -0.2) is 46.4 Å². The first-order valence-electron chi connectivity index (χ1n) is 8.21. The first-order chi connectivity index (χ1) is 10.3. The molecule has 1 aromatic rings. The van der Waals surface area contributed by atoms with Crippen LogP contribution in [0.15, 0.2) is 24.5 Å². The van der Waals surface area contributed by atoms with Gasteiger partial charge in [0.2, 0.25) is 5.91 Å². The molecule has 3 fully saturated rings. The number of carbonyl (C=O) groups excluding carboxylic acids is 1. The van der Waals surface area contributed by atoms with Crippen LogP contribution in [0.4, 0.5) is 0 Å². The van der Waals surface area contributed by atoms with Crippen LogP contribution >= 0.6 is 0 Å². The fourth-order valence-electron chi connectivity index (χ4n) is 3.81. The van der Waals surface area contributed by atoms with Gasteiger partial charge in [-0.05, 0) is 55.7 Å². The Balaban J connectivity index is 1.47. The Morgan fingerprint density at radius 1 is 1.29 bits per heavy atom. The number of hydrogen-bond acceptors (Lipinski definition) is 3. The fraction of sp³-hybridized carbons (Fsp3) is 0.647. The monoisotopic (exact) mass is 285 g/mol. The Labute approximate surface area is 126 Å². The first kappa shape index (κ1) is 13.3. The predicted molar refractivity (Wildman–Crippen MR) is 80.5 cm³/mol. The van der Waals surface area contributed by atoms with Gasteiger partial charge < -0.3 is 4.90 Å². The lowest BCUT2D eigenvalue weighted by molar-refractivity contribution is -0.146. The van der Waals surface area contributed by atoms with Gasteiger partial charge in [-0.3, -0.25) is 14.7 Å². The summed E-state index contributed by atoms with van der Waals surface area (Å²) in [7, 11) is 0. The highest BCUT2D eigenvalue weighted by molar-refractivity contribution is 5.83. The molecule has 1 aliphatic carbocycles. The minimum absolute atomic E-state index is 0.108. The van der Waals surface area contributed by atoms with E-state index in [1.165, 1.54) is 24.8 Å². The summed E-state index contributed by atoms with van der Waals surface area (Å²) in [6, 6.07) is 4.19. The van der Waals surface area contributed by atoms with Gasteiger partial charge in [-0.15, -0.1) is 0 Å². The molecule has 3 heterocycles. The van der Waals surface area contributed by atoms with Crippen LogP contribution in [0, 0.1) is 11.8 Å². The number of pyridine rings is 1. The number of aromatic nitrogens is 1. The quantitative estimate of drug-likeness (QED) is 0.848. The van der Waals surface area contributed by atoms with Gasteiger partial charge in [0.15, 0.2) is 0 Å². The Kier molecular flexibility index (Phi) is 3.42. The number of amides is 1. The van der Waals surface area contributed by atoms with E-state index in [0.717, 1.165) is 44.4 Å². The van der Waals surface area contributed by atoms with E-state index >= 15 is 0 Å². The van der Waals surface area contributed by atoms with E-state index in [9.17, 15) is 4.79 Å². The minimum Gasteiger partial charge on any atom is -0.341 e. The van der Waals surface area contributed by atoms with Crippen molar-refractivity contribution >= 4 is 5.91 Å². The summed E-state index contributed by atoms with van der Waals surface area (Å²) in [5.41, 5.74) is 1.21. The summed E-state index contributed by atoms with van der Waals surface area (Å²) in [5, 5.41) is 0. The molecular formula is C17H23N3O. The molecule has 0 N–H and O–H groups in total. The number of piperidine rings is 2. The fourth-order valence-corrected chi connectivity index (χ4v) is 3.81. The van der Waals surface area contributed by atoms with E-state index in [0.29, 0.717) is 5.91 Å². The van der Waals surface area contributed by atoms with Crippen LogP contribution in [0.1, 0.15) is 31.2 Å².